The predicted octanol–water partition coefficient (Wildman–Crippen LogP) is 3.24. The molecule has 0 spiro atoms. The minimum absolute atomic E-state index is 0.0740. The number of aromatic amines is 1. The topological polar surface area (TPSA) is 70.2 Å². The molecule has 0 aliphatic carbocycles. The van der Waals surface area contributed by atoms with Crippen LogP contribution in [0.15, 0.2) is 60.9 Å². The molecule has 3 aromatic rings. The van der Waals surface area contributed by atoms with Crippen LogP contribution in [-0.2, 0) is 4.79 Å². The third-order valence-electron chi connectivity index (χ3n) is 5.12. The van der Waals surface area contributed by atoms with E-state index in [4.69, 9.17) is 4.74 Å². The highest BCUT2D eigenvalue weighted by Crippen LogP contribution is 2.17. The molecule has 1 aliphatic heterocycles. The summed E-state index contributed by atoms with van der Waals surface area (Å²) < 4.78 is 5.91. The summed E-state index contributed by atoms with van der Waals surface area (Å²) in [6.07, 6.45) is 9.44. The smallest absolute Gasteiger partial charge is 0.244 e. The van der Waals surface area contributed by atoms with Crippen molar-refractivity contribution in [1.29, 1.82) is 0 Å². The van der Waals surface area contributed by atoms with Gasteiger partial charge in [-0.25, -0.2) is 4.98 Å². The fourth-order valence-corrected chi connectivity index (χ4v) is 3.66. The van der Waals surface area contributed by atoms with Crippen LogP contribution in [0.3, 0.4) is 0 Å². The minimum Gasteiger partial charge on any atom is -0.491 e. The Kier molecular flexibility index (Phi) is 6.22. The van der Waals surface area contributed by atoms with Gasteiger partial charge in [-0.15, -0.1) is 0 Å². The molecule has 0 radical (unpaired) electrons. The maximum Gasteiger partial charge on any atom is 0.244 e. The van der Waals surface area contributed by atoms with Gasteiger partial charge in [0.1, 0.15) is 18.0 Å². The van der Waals surface area contributed by atoms with E-state index in [0.29, 0.717) is 6.61 Å². The van der Waals surface area contributed by atoms with Crippen molar-refractivity contribution in [3.8, 4) is 5.75 Å². The number of ether oxygens (including phenoxy) is 1. The molecule has 1 fully saturated rings. The Morgan fingerprint density at radius 3 is 2.86 bits per heavy atom. The Balaban J connectivity index is 1.39. The van der Waals surface area contributed by atoms with Gasteiger partial charge in [-0.05, 0) is 56.3 Å². The molecular weight excluding hydrogens is 364 g/mol. The van der Waals surface area contributed by atoms with Gasteiger partial charge in [-0.3, -0.25) is 4.79 Å². The van der Waals surface area contributed by atoms with Crippen molar-refractivity contribution >= 4 is 23.0 Å². The molecule has 29 heavy (non-hydrogen) atoms. The zero-order chi connectivity index (χ0) is 19.9. The number of benzene rings is 1. The number of nitrogens with zero attached hydrogens (tertiary/aromatic N) is 2. The molecule has 0 saturated carbocycles. The van der Waals surface area contributed by atoms with Crippen LogP contribution in [0.1, 0.15) is 18.4 Å². The minimum atomic E-state index is -0.121. The van der Waals surface area contributed by atoms with Gasteiger partial charge < -0.3 is 19.9 Å². The highest BCUT2D eigenvalue weighted by Gasteiger charge is 2.19. The van der Waals surface area contributed by atoms with Crippen molar-refractivity contribution in [3.63, 3.8) is 0 Å². The second kappa shape index (κ2) is 9.39. The zero-order valence-corrected chi connectivity index (χ0v) is 16.4. The largest absolute Gasteiger partial charge is 0.491 e. The van der Waals surface area contributed by atoms with Crippen molar-refractivity contribution < 1.29 is 9.53 Å². The average Bonchev–Trinajstić information content (AvgIpc) is 3.41. The van der Waals surface area contributed by atoms with Crippen LogP contribution in [0.25, 0.3) is 17.1 Å². The first-order valence-electron chi connectivity index (χ1n) is 10.1. The summed E-state index contributed by atoms with van der Waals surface area (Å²) in [6.45, 7) is 3.40. The van der Waals surface area contributed by atoms with Gasteiger partial charge in [0.25, 0.3) is 0 Å². The second-order valence-electron chi connectivity index (χ2n) is 7.31. The summed E-state index contributed by atoms with van der Waals surface area (Å²) >= 11 is 0. The molecule has 6 heteroatoms. The Bertz CT molecular complexity index is 961. The normalized spacial score (nSPS) is 15.7. The highest BCUT2D eigenvalue weighted by molar-refractivity contribution is 5.95. The third kappa shape index (κ3) is 5.23. The summed E-state index contributed by atoms with van der Waals surface area (Å²) in [7, 11) is 0. The summed E-state index contributed by atoms with van der Waals surface area (Å²) in [5.41, 5.74) is 1.76. The second-order valence-corrected chi connectivity index (χ2v) is 7.31. The van der Waals surface area contributed by atoms with E-state index in [0.717, 1.165) is 42.0 Å². The van der Waals surface area contributed by atoms with Gasteiger partial charge >= 0.3 is 0 Å². The molecule has 1 amide bonds. The first kappa shape index (κ1) is 19.2. The van der Waals surface area contributed by atoms with Gasteiger partial charge in [0, 0.05) is 36.0 Å². The number of hydrogen-bond donors (Lipinski definition) is 2. The summed E-state index contributed by atoms with van der Waals surface area (Å²) in [6, 6.07) is 13.5. The molecule has 0 bridgehead atoms. The molecule has 1 aromatic carbocycles. The van der Waals surface area contributed by atoms with Gasteiger partial charge in [0.05, 0.1) is 6.04 Å². The summed E-state index contributed by atoms with van der Waals surface area (Å²) in [4.78, 5) is 22.3. The van der Waals surface area contributed by atoms with Crippen molar-refractivity contribution in [2.24, 2.45) is 0 Å². The van der Waals surface area contributed by atoms with Crippen molar-refractivity contribution in [3.05, 3.63) is 66.5 Å². The van der Waals surface area contributed by atoms with E-state index in [1.54, 1.807) is 12.3 Å². The molecule has 150 valence electrons. The van der Waals surface area contributed by atoms with E-state index >= 15 is 0 Å². The molecule has 2 N–H and O–H groups in total. The Morgan fingerprint density at radius 1 is 1.21 bits per heavy atom. The van der Waals surface area contributed by atoms with E-state index in [1.807, 2.05) is 54.7 Å². The Hall–Kier alpha value is -3.12. The molecule has 3 heterocycles. The van der Waals surface area contributed by atoms with Crippen LogP contribution in [-0.4, -0.2) is 53.1 Å². The maximum absolute atomic E-state index is 12.6. The lowest BCUT2D eigenvalue weighted by Gasteiger charge is -2.24. The van der Waals surface area contributed by atoms with Crippen LogP contribution in [0.4, 0.5) is 0 Å². The molecule has 2 aromatic heterocycles. The number of likely N-dealkylation sites (tertiary alicyclic amines) is 1. The van der Waals surface area contributed by atoms with E-state index in [1.165, 1.54) is 12.8 Å². The van der Waals surface area contributed by atoms with Crippen LogP contribution >= 0.6 is 0 Å². The quantitative estimate of drug-likeness (QED) is 0.580. The SMILES string of the molecule is O=C(/C=C/c1c[nH]c2ncccc12)N[C@@H](COc1ccccc1)CN1CCCC1. The van der Waals surface area contributed by atoms with Crippen molar-refractivity contribution in [1.82, 2.24) is 20.2 Å². The number of hydrogen-bond acceptors (Lipinski definition) is 4. The number of nitrogens with one attached hydrogen (secondary N) is 2. The lowest BCUT2D eigenvalue weighted by atomic mass is 10.2. The van der Waals surface area contributed by atoms with Gasteiger partial charge in [0.2, 0.25) is 5.91 Å². The fourth-order valence-electron chi connectivity index (χ4n) is 3.66. The number of carbonyl (C=O) groups excluding carboxylic acids is 1. The summed E-state index contributed by atoms with van der Waals surface area (Å²) in [5.74, 6) is 0.694. The fraction of sp³-hybridized carbons (Fsp3) is 0.304. The number of aromatic nitrogens is 2. The highest BCUT2D eigenvalue weighted by atomic mass is 16.5. The first-order chi connectivity index (χ1) is 14.3. The van der Waals surface area contributed by atoms with Crippen molar-refractivity contribution in [2.45, 2.75) is 18.9 Å². The lowest BCUT2D eigenvalue weighted by Crippen LogP contribution is -2.46. The van der Waals surface area contributed by atoms with Gasteiger partial charge in [-0.1, -0.05) is 18.2 Å². The lowest BCUT2D eigenvalue weighted by molar-refractivity contribution is -0.117. The van der Waals surface area contributed by atoms with Gasteiger partial charge in [-0.2, -0.15) is 0 Å². The molecular formula is C23H26N4O2. The monoisotopic (exact) mass is 390 g/mol. The third-order valence-corrected chi connectivity index (χ3v) is 5.12. The molecule has 4 rings (SSSR count). The van der Waals surface area contributed by atoms with Crippen LogP contribution in [0.2, 0.25) is 0 Å². The van der Waals surface area contributed by atoms with Crippen molar-refractivity contribution in [2.75, 3.05) is 26.2 Å². The maximum atomic E-state index is 12.6. The van der Waals surface area contributed by atoms with E-state index < -0.39 is 0 Å². The summed E-state index contributed by atoms with van der Waals surface area (Å²) in [5, 5.41) is 4.10. The Morgan fingerprint density at radius 2 is 2.03 bits per heavy atom. The van der Waals surface area contributed by atoms with Crippen LogP contribution < -0.4 is 10.1 Å². The van der Waals surface area contributed by atoms with E-state index in [2.05, 4.69) is 20.2 Å². The first-order valence-corrected chi connectivity index (χ1v) is 10.1. The van der Waals surface area contributed by atoms with E-state index in [9.17, 15) is 4.79 Å². The molecule has 1 atom stereocenters. The van der Waals surface area contributed by atoms with Crippen LogP contribution in [0.5, 0.6) is 5.75 Å². The molecule has 1 saturated heterocycles. The van der Waals surface area contributed by atoms with Gasteiger partial charge in [0.15, 0.2) is 0 Å². The molecule has 0 unspecified atom stereocenters. The number of H-pyrrole nitrogens is 1. The predicted molar refractivity (Wildman–Crippen MR) is 115 cm³/mol. The standard InChI is InChI=1S/C23H26N4O2/c28-22(11-10-18-15-25-23-21(18)9-6-12-24-23)26-19(16-27-13-4-5-14-27)17-29-20-7-2-1-3-8-20/h1-3,6-12,15,19H,4-5,13-14,16-17H2,(H,24,25)(H,26,28)/b11-10+/t19-/m1/s1. The molecule has 6 nitrogen and oxygen atoms in total. The molecule has 1 aliphatic rings. The number of rotatable bonds is 8. The number of pyridine rings is 1. The zero-order valence-electron chi connectivity index (χ0n) is 16.4. The Labute approximate surface area is 170 Å². The average molecular weight is 390 g/mol. The number of fused-ring (bicyclic) bond motifs is 1. The number of amides is 1. The van der Waals surface area contributed by atoms with E-state index in [-0.39, 0.29) is 11.9 Å². The van der Waals surface area contributed by atoms with Crippen LogP contribution in [0, 0.1) is 0 Å². The number of para-hydroxylation sites is 1. The number of carbonyl (C=O) groups is 1.